The Morgan fingerprint density at radius 2 is 1.69 bits per heavy atom. The molecule has 0 atom stereocenters. The lowest BCUT2D eigenvalue weighted by atomic mass is 10.2. The number of rotatable bonds is 6. The monoisotopic (exact) mass is 436 g/mol. The van der Waals surface area contributed by atoms with E-state index in [0.29, 0.717) is 23.6 Å². The number of hydrogen-bond donors (Lipinski definition) is 0. The van der Waals surface area contributed by atoms with Gasteiger partial charge in [0.25, 0.3) is 5.56 Å². The molecule has 0 aliphatic rings. The molecule has 32 heavy (non-hydrogen) atoms. The third kappa shape index (κ3) is 4.12. The maximum Gasteiger partial charge on any atom is 0.337 e. The minimum Gasteiger partial charge on any atom is -0.492 e. The summed E-state index contributed by atoms with van der Waals surface area (Å²) in [6, 6.07) is 12.4. The first-order chi connectivity index (χ1) is 15.3. The number of nitrogens with zero attached hydrogens (tertiary/aromatic N) is 6. The zero-order valence-corrected chi connectivity index (χ0v) is 17.8. The molecule has 2 heterocycles. The Morgan fingerprint density at radius 1 is 1.00 bits per heavy atom. The highest BCUT2D eigenvalue weighted by molar-refractivity contribution is 5.73. The van der Waals surface area contributed by atoms with Crippen molar-refractivity contribution in [1.29, 1.82) is 0 Å². The first kappa shape index (κ1) is 21.3. The molecule has 2 aromatic carbocycles. The summed E-state index contributed by atoms with van der Waals surface area (Å²) in [7, 11) is 5.29. The summed E-state index contributed by atoms with van der Waals surface area (Å²) in [6.07, 6.45) is 0. The van der Waals surface area contributed by atoms with Crippen molar-refractivity contribution in [2.24, 2.45) is 7.05 Å². The molecule has 164 valence electrons. The number of benzene rings is 2. The van der Waals surface area contributed by atoms with Crippen LogP contribution in [-0.4, -0.2) is 56.5 Å². The van der Waals surface area contributed by atoms with Gasteiger partial charge in [-0.3, -0.25) is 9.36 Å². The second-order valence-corrected chi connectivity index (χ2v) is 7.44. The molecule has 0 fully saturated rings. The Bertz CT molecular complexity index is 1380. The second kappa shape index (κ2) is 8.67. The summed E-state index contributed by atoms with van der Waals surface area (Å²) in [5.41, 5.74) is -0.258. The van der Waals surface area contributed by atoms with Gasteiger partial charge in [0.1, 0.15) is 18.2 Å². The van der Waals surface area contributed by atoms with Crippen molar-refractivity contribution in [3.63, 3.8) is 0 Å². The summed E-state index contributed by atoms with van der Waals surface area (Å²) < 4.78 is 21.1. The first-order valence-corrected chi connectivity index (χ1v) is 9.85. The molecule has 0 spiro atoms. The van der Waals surface area contributed by atoms with Crippen LogP contribution >= 0.6 is 0 Å². The second-order valence-electron chi connectivity index (χ2n) is 7.44. The number of fused-ring (bicyclic) bond motifs is 1. The van der Waals surface area contributed by atoms with Gasteiger partial charge in [-0.05, 0) is 62.6 Å². The molecular weight excluding hydrogens is 415 g/mol. The van der Waals surface area contributed by atoms with Crippen LogP contribution in [0.2, 0.25) is 0 Å². The zero-order valence-electron chi connectivity index (χ0n) is 17.8. The molecule has 0 aliphatic carbocycles. The first-order valence-electron chi connectivity index (χ1n) is 9.85. The molecule has 0 N–H and O–H groups in total. The Hall–Kier alpha value is -3.92. The topological polar surface area (TPSA) is 95.1 Å². The van der Waals surface area contributed by atoms with E-state index in [-0.39, 0.29) is 17.0 Å². The summed E-state index contributed by atoms with van der Waals surface area (Å²) in [5, 5.41) is 8.23. The van der Waals surface area contributed by atoms with Gasteiger partial charge in [0.2, 0.25) is 0 Å². The highest BCUT2D eigenvalue weighted by Gasteiger charge is 2.17. The van der Waals surface area contributed by atoms with E-state index in [0.717, 1.165) is 11.1 Å². The Kier molecular flexibility index (Phi) is 5.78. The van der Waals surface area contributed by atoms with Gasteiger partial charge in [0.05, 0.1) is 5.69 Å². The lowest BCUT2D eigenvalue weighted by molar-refractivity contribution is 0.261. The van der Waals surface area contributed by atoms with Gasteiger partial charge in [-0.25, -0.2) is 18.7 Å². The summed E-state index contributed by atoms with van der Waals surface area (Å²) in [6.45, 7) is 1.34. The summed E-state index contributed by atoms with van der Waals surface area (Å²) in [4.78, 5) is 31.9. The summed E-state index contributed by atoms with van der Waals surface area (Å²) >= 11 is 0. The molecule has 10 heteroatoms. The molecule has 0 amide bonds. The molecule has 0 saturated heterocycles. The van der Waals surface area contributed by atoms with Crippen LogP contribution in [-0.2, 0) is 7.05 Å². The largest absolute Gasteiger partial charge is 0.492 e. The fraction of sp³-hybridized carbons (Fsp3) is 0.227. The number of likely N-dealkylation sites (N-methyl/N-ethyl adjacent to an activating group) is 1. The minimum absolute atomic E-state index is 0.00269. The molecule has 0 aliphatic heterocycles. The smallest absolute Gasteiger partial charge is 0.337 e. The fourth-order valence-corrected chi connectivity index (χ4v) is 3.09. The number of hydrogen-bond acceptors (Lipinski definition) is 7. The fourth-order valence-electron chi connectivity index (χ4n) is 3.09. The van der Waals surface area contributed by atoms with Crippen molar-refractivity contribution in [3.05, 3.63) is 75.2 Å². The van der Waals surface area contributed by atoms with Crippen molar-refractivity contribution >= 4 is 11.2 Å². The van der Waals surface area contributed by atoms with Gasteiger partial charge in [-0.15, -0.1) is 10.2 Å². The highest BCUT2D eigenvalue weighted by atomic mass is 19.1. The maximum atomic E-state index is 13.3. The van der Waals surface area contributed by atoms with Gasteiger partial charge in [-0.1, -0.05) is 0 Å². The zero-order chi connectivity index (χ0) is 22.8. The number of halogens is 1. The maximum absolute atomic E-state index is 13.3. The van der Waals surface area contributed by atoms with E-state index in [2.05, 4.69) is 15.2 Å². The Morgan fingerprint density at radius 3 is 2.34 bits per heavy atom. The molecule has 4 rings (SSSR count). The molecular formula is C22H21FN6O3. The van der Waals surface area contributed by atoms with Crippen LogP contribution in [0, 0.1) is 5.82 Å². The van der Waals surface area contributed by atoms with Gasteiger partial charge in [0, 0.05) is 19.2 Å². The third-order valence-electron chi connectivity index (χ3n) is 4.87. The summed E-state index contributed by atoms with van der Waals surface area (Å²) in [5.74, 6) is 0.487. The molecule has 4 aromatic rings. The number of aromatic nitrogens is 5. The predicted octanol–water partition coefficient (Wildman–Crippen LogP) is 1.62. The average molecular weight is 436 g/mol. The molecule has 0 bridgehead atoms. The van der Waals surface area contributed by atoms with E-state index in [1.807, 2.05) is 19.0 Å². The predicted molar refractivity (Wildman–Crippen MR) is 118 cm³/mol. The van der Waals surface area contributed by atoms with E-state index in [1.165, 1.54) is 35.9 Å². The van der Waals surface area contributed by atoms with Gasteiger partial charge < -0.3 is 9.64 Å². The Labute approximate surface area is 182 Å². The van der Waals surface area contributed by atoms with E-state index in [1.54, 1.807) is 24.3 Å². The molecule has 2 aromatic heterocycles. The van der Waals surface area contributed by atoms with Crippen molar-refractivity contribution < 1.29 is 9.13 Å². The van der Waals surface area contributed by atoms with Crippen molar-refractivity contribution in [1.82, 2.24) is 29.2 Å². The van der Waals surface area contributed by atoms with Gasteiger partial charge in [-0.2, -0.15) is 0 Å². The van der Waals surface area contributed by atoms with Crippen LogP contribution in [0.5, 0.6) is 5.75 Å². The Balaban J connectivity index is 1.75. The van der Waals surface area contributed by atoms with E-state index in [9.17, 15) is 14.0 Å². The lowest BCUT2D eigenvalue weighted by Crippen LogP contribution is -2.38. The van der Waals surface area contributed by atoms with Crippen LogP contribution in [0.1, 0.15) is 0 Å². The molecule has 0 saturated carbocycles. The minimum atomic E-state index is -0.628. The van der Waals surface area contributed by atoms with Crippen molar-refractivity contribution in [2.75, 3.05) is 27.2 Å². The van der Waals surface area contributed by atoms with Crippen molar-refractivity contribution in [2.45, 2.75) is 0 Å². The third-order valence-corrected chi connectivity index (χ3v) is 4.87. The highest BCUT2D eigenvalue weighted by Crippen LogP contribution is 2.20. The quantitative estimate of drug-likeness (QED) is 0.453. The molecule has 0 unspecified atom stereocenters. The molecule has 9 nitrogen and oxygen atoms in total. The van der Waals surface area contributed by atoms with Crippen LogP contribution in [0.4, 0.5) is 4.39 Å². The van der Waals surface area contributed by atoms with Crippen LogP contribution in [0.15, 0.2) is 58.1 Å². The van der Waals surface area contributed by atoms with Crippen molar-refractivity contribution in [3.8, 4) is 22.8 Å². The van der Waals surface area contributed by atoms with Crippen LogP contribution in [0.3, 0.4) is 0 Å². The SMILES string of the molecule is CN(C)CCOc1ccc(-c2nnc3c(n2)c(=O)n(C)c(=O)n3-c2ccc(F)cc2)cc1. The van der Waals surface area contributed by atoms with E-state index < -0.39 is 17.1 Å². The molecule has 0 radical (unpaired) electrons. The van der Waals surface area contributed by atoms with E-state index >= 15 is 0 Å². The average Bonchev–Trinajstić information content (AvgIpc) is 2.79. The standard InChI is InChI=1S/C22H21FN6O3/c1-27(2)12-13-32-17-10-4-14(5-11-17)19-24-18-20(26-25-19)29(22(31)28(3)21(18)30)16-8-6-15(23)7-9-16/h4-11H,12-13H2,1-3H3. The lowest BCUT2D eigenvalue weighted by Gasteiger charge is -2.12. The normalized spacial score (nSPS) is 11.3. The van der Waals surface area contributed by atoms with Crippen LogP contribution < -0.4 is 16.0 Å². The van der Waals surface area contributed by atoms with E-state index in [4.69, 9.17) is 4.74 Å². The van der Waals surface area contributed by atoms with Gasteiger partial charge in [0.15, 0.2) is 17.0 Å². The van der Waals surface area contributed by atoms with Gasteiger partial charge >= 0.3 is 5.69 Å². The number of ether oxygens (including phenoxy) is 1. The van der Waals surface area contributed by atoms with Crippen LogP contribution in [0.25, 0.3) is 28.2 Å².